The molecule has 0 bridgehead atoms. The maximum atomic E-state index is 12.7. The fourth-order valence-corrected chi connectivity index (χ4v) is 3.06. The first-order valence-electron chi connectivity index (χ1n) is 7.34. The summed E-state index contributed by atoms with van der Waals surface area (Å²) in [6.45, 7) is 4.03. The van der Waals surface area contributed by atoms with E-state index in [2.05, 4.69) is 11.8 Å². The molecule has 120 valence electrons. The Bertz CT molecular complexity index is 855. The fraction of sp³-hybridized carbons (Fsp3) is 0.353. The van der Waals surface area contributed by atoms with Crippen molar-refractivity contribution in [3.63, 3.8) is 0 Å². The monoisotopic (exact) mass is 332 g/mol. The lowest BCUT2D eigenvalue weighted by Gasteiger charge is -2.09. The number of halogens is 1. The highest BCUT2D eigenvalue weighted by atomic mass is 35.5. The highest BCUT2D eigenvalue weighted by molar-refractivity contribution is 6.33. The van der Waals surface area contributed by atoms with Crippen molar-refractivity contribution in [2.45, 2.75) is 20.0 Å². The van der Waals surface area contributed by atoms with Crippen LogP contribution in [0.2, 0.25) is 5.02 Å². The maximum absolute atomic E-state index is 12.7. The summed E-state index contributed by atoms with van der Waals surface area (Å²) in [5.41, 5.74) is 1.80. The maximum Gasteiger partial charge on any atom is 0.274 e. The second-order valence-corrected chi connectivity index (χ2v) is 5.56. The Balaban J connectivity index is 2.19. The van der Waals surface area contributed by atoms with Crippen molar-refractivity contribution in [2.24, 2.45) is 0 Å². The lowest BCUT2D eigenvalue weighted by molar-refractivity contribution is 0.137. The van der Waals surface area contributed by atoms with Gasteiger partial charge in [0.05, 0.1) is 44.0 Å². The third-order valence-electron chi connectivity index (χ3n) is 3.78. The minimum Gasteiger partial charge on any atom is -0.496 e. The summed E-state index contributed by atoms with van der Waals surface area (Å²) >= 11 is 6.42. The normalized spacial score (nSPS) is 13.7. The van der Waals surface area contributed by atoms with Gasteiger partial charge >= 0.3 is 0 Å². The molecule has 0 atom stereocenters. The average Bonchev–Trinajstić information content (AvgIpc) is 2.72. The van der Waals surface area contributed by atoms with Crippen LogP contribution < -0.4 is 10.3 Å². The van der Waals surface area contributed by atoms with Crippen LogP contribution in [0.3, 0.4) is 0 Å². The zero-order chi connectivity index (χ0) is 16.4. The lowest BCUT2D eigenvalue weighted by Crippen LogP contribution is -2.23. The number of fused-ring (bicyclic) bond motifs is 1. The molecule has 0 saturated carbocycles. The number of nitrogens with zero attached hydrogens (tertiary/aromatic N) is 2. The Hall–Kier alpha value is -2.16. The van der Waals surface area contributed by atoms with Gasteiger partial charge in [0.1, 0.15) is 5.75 Å². The van der Waals surface area contributed by atoms with E-state index in [1.54, 1.807) is 30.8 Å². The summed E-state index contributed by atoms with van der Waals surface area (Å²) in [7, 11) is 1.56. The molecule has 0 aliphatic carbocycles. The van der Waals surface area contributed by atoms with Crippen LogP contribution in [0.25, 0.3) is 11.1 Å². The first-order valence-corrected chi connectivity index (χ1v) is 7.72. The van der Waals surface area contributed by atoms with Crippen LogP contribution in [0.15, 0.2) is 23.1 Å². The van der Waals surface area contributed by atoms with Gasteiger partial charge in [0.25, 0.3) is 5.56 Å². The van der Waals surface area contributed by atoms with Gasteiger partial charge in [0.15, 0.2) is 0 Å². The fourth-order valence-electron chi connectivity index (χ4n) is 2.75. The standard InChI is InChI=1S/C17H17ClN2O3/c1-3-4-12-9-14(18)16(15(10-12)22-2)13-11-19-5-7-23-8-6-20(19)17(13)21/h9-11H,5-8H2,1-2H3. The quantitative estimate of drug-likeness (QED) is 0.793. The van der Waals surface area contributed by atoms with Gasteiger partial charge < -0.3 is 9.47 Å². The average molecular weight is 333 g/mol. The molecule has 1 aliphatic rings. The van der Waals surface area contributed by atoms with Crippen molar-refractivity contribution < 1.29 is 9.47 Å². The molecular weight excluding hydrogens is 316 g/mol. The van der Waals surface area contributed by atoms with E-state index in [4.69, 9.17) is 21.1 Å². The lowest BCUT2D eigenvalue weighted by atomic mass is 10.1. The van der Waals surface area contributed by atoms with Gasteiger partial charge in [-0.25, -0.2) is 4.68 Å². The molecule has 5 nitrogen and oxygen atoms in total. The molecule has 2 aromatic rings. The molecule has 0 unspecified atom stereocenters. The molecule has 0 fully saturated rings. The molecule has 0 radical (unpaired) electrons. The molecule has 1 aromatic heterocycles. The van der Waals surface area contributed by atoms with Crippen LogP contribution in [0.5, 0.6) is 5.75 Å². The van der Waals surface area contributed by atoms with Crippen LogP contribution in [0, 0.1) is 11.8 Å². The van der Waals surface area contributed by atoms with E-state index in [1.165, 1.54) is 0 Å². The molecule has 0 saturated heterocycles. The van der Waals surface area contributed by atoms with Gasteiger partial charge in [-0.1, -0.05) is 17.5 Å². The Labute approximate surface area is 139 Å². The molecule has 1 aromatic carbocycles. The molecule has 1 aliphatic heterocycles. The number of hydrogen-bond acceptors (Lipinski definition) is 3. The Kier molecular flexibility index (Phi) is 4.46. The first-order chi connectivity index (χ1) is 11.2. The summed E-state index contributed by atoms with van der Waals surface area (Å²) in [6, 6.07) is 3.56. The number of benzene rings is 1. The second-order valence-electron chi connectivity index (χ2n) is 5.16. The van der Waals surface area contributed by atoms with Gasteiger partial charge in [0, 0.05) is 17.3 Å². The van der Waals surface area contributed by atoms with Crippen LogP contribution in [-0.2, 0) is 17.8 Å². The molecular formula is C17H17ClN2O3. The van der Waals surface area contributed by atoms with Crippen molar-refractivity contribution in [3.05, 3.63) is 39.3 Å². The number of hydrogen-bond donors (Lipinski definition) is 0. The summed E-state index contributed by atoms with van der Waals surface area (Å²) in [5.74, 6) is 6.33. The zero-order valence-corrected chi connectivity index (χ0v) is 13.8. The van der Waals surface area contributed by atoms with Crippen molar-refractivity contribution >= 4 is 11.6 Å². The summed E-state index contributed by atoms with van der Waals surface area (Å²) in [6.07, 6.45) is 1.81. The van der Waals surface area contributed by atoms with Crippen molar-refractivity contribution in [1.82, 2.24) is 9.36 Å². The van der Waals surface area contributed by atoms with Crippen LogP contribution in [-0.4, -0.2) is 29.7 Å². The SMILES string of the molecule is CC#Cc1cc(Cl)c(-c2cn3n(c2=O)CCOCC3)c(OC)c1. The molecule has 0 N–H and O–H groups in total. The summed E-state index contributed by atoms with van der Waals surface area (Å²) < 4.78 is 14.4. The highest BCUT2D eigenvalue weighted by Crippen LogP contribution is 2.36. The van der Waals surface area contributed by atoms with Crippen LogP contribution in [0.1, 0.15) is 12.5 Å². The minimum atomic E-state index is -0.0926. The van der Waals surface area contributed by atoms with Crippen LogP contribution in [0.4, 0.5) is 0 Å². The second kappa shape index (κ2) is 6.53. The highest BCUT2D eigenvalue weighted by Gasteiger charge is 2.20. The van der Waals surface area contributed by atoms with Gasteiger partial charge in [-0.3, -0.25) is 9.48 Å². The van der Waals surface area contributed by atoms with Gasteiger partial charge in [0.2, 0.25) is 0 Å². The smallest absolute Gasteiger partial charge is 0.274 e. The third-order valence-corrected chi connectivity index (χ3v) is 4.08. The molecule has 0 amide bonds. The predicted molar refractivity (Wildman–Crippen MR) is 89.1 cm³/mol. The zero-order valence-electron chi connectivity index (χ0n) is 13.1. The number of rotatable bonds is 2. The number of methoxy groups -OCH3 is 1. The molecule has 3 rings (SSSR count). The van der Waals surface area contributed by atoms with Gasteiger partial charge in [-0.15, -0.1) is 5.92 Å². The van der Waals surface area contributed by atoms with E-state index in [9.17, 15) is 4.79 Å². The van der Waals surface area contributed by atoms with Crippen molar-refractivity contribution in [3.8, 4) is 28.7 Å². The number of ether oxygens (including phenoxy) is 2. The van der Waals surface area contributed by atoms with E-state index in [-0.39, 0.29) is 5.56 Å². The minimum absolute atomic E-state index is 0.0926. The molecule has 6 heteroatoms. The van der Waals surface area contributed by atoms with E-state index in [0.717, 1.165) is 5.56 Å². The summed E-state index contributed by atoms with van der Waals surface area (Å²) in [4.78, 5) is 12.7. The molecule has 2 heterocycles. The first kappa shape index (κ1) is 15.7. The van der Waals surface area contributed by atoms with E-state index in [1.807, 2.05) is 10.9 Å². The Morgan fingerprint density at radius 3 is 2.83 bits per heavy atom. The Morgan fingerprint density at radius 1 is 1.30 bits per heavy atom. The van der Waals surface area contributed by atoms with Gasteiger partial charge in [-0.2, -0.15) is 0 Å². The summed E-state index contributed by atoms with van der Waals surface area (Å²) in [5, 5.41) is 0.455. The van der Waals surface area contributed by atoms with E-state index >= 15 is 0 Å². The van der Waals surface area contributed by atoms with Crippen molar-refractivity contribution in [1.29, 1.82) is 0 Å². The molecule has 0 spiro atoms. The number of aromatic nitrogens is 2. The molecule has 23 heavy (non-hydrogen) atoms. The van der Waals surface area contributed by atoms with Crippen molar-refractivity contribution in [2.75, 3.05) is 20.3 Å². The largest absolute Gasteiger partial charge is 0.496 e. The van der Waals surface area contributed by atoms with Gasteiger partial charge in [-0.05, 0) is 19.1 Å². The Morgan fingerprint density at radius 2 is 2.09 bits per heavy atom. The predicted octanol–water partition coefficient (Wildman–Crippen LogP) is 2.38. The van der Waals surface area contributed by atoms with Crippen LogP contribution >= 0.6 is 11.6 Å². The van der Waals surface area contributed by atoms with E-state index in [0.29, 0.717) is 48.2 Å². The van der Waals surface area contributed by atoms with E-state index < -0.39 is 0 Å². The third kappa shape index (κ3) is 2.88. The topological polar surface area (TPSA) is 45.4 Å².